The van der Waals surface area contributed by atoms with Gasteiger partial charge in [0.1, 0.15) is 11.6 Å². The lowest BCUT2D eigenvalue weighted by Gasteiger charge is -2.29. The third-order valence-electron chi connectivity index (χ3n) is 5.47. The van der Waals surface area contributed by atoms with Crippen LogP contribution in [0.5, 0.6) is 0 Å². The van der Waals surface area contributed by atoms with Gasteiger partial charge in [-0.25, -0.2) is 0 Å². The molecular formula is C18H19ClF3N3O. The molecular weight excluding hydrogens is 367 g/mol. The summed E-state index contributed by atoms with van der Waals surface area (Å²) in [6.07, 6.45) is -2.79. The van der Waals surface area contributed by atoms with Gasteiger partial charge in [-0.1, -0.05) is 11.6 Å². The summed E-state index contributed by atoms with van der Waals surface area (Å²) in [4.78, 5) is 0. The second-order valence-electron chi connectivity index (χ2n) is 7.24. The van der Waals surface area contributed by atoms with Gasteiger partial charge in [0.25, 0.3) is 0 Å². The number of alkyl halides is 3. The molecule has 2 aliphatic rings. The van der Waals surface area contributed by atoms with Crippen molar-refractivity contribution in [2.24, 2.45) is 5.92 Å². The van der Waals surface area contributed by atoms with Gasteiger partial charge < -0.3 is 5.11 Å². The largest absolute Gasteiger partial charge is 0.392 e. The summed E-state index contributed by atoms with van der Waals surface area (Å²) in [5, 5.41) is 19.4. The number of hydrogen-bond acceptors (Lipinski definition) is 3. The predicted octanol–water partition coefficient (Wildman–Crippen LogP) is 4.22. The van der Waals surface area contributed by atoms with E-state index in [2.05, 4.69) is 10.2 Å². The molecule has 2 heterocycles. The first-order chi connectivity index (χ1) is 12.3. The highest BCUT2D eigenvalue weighted by Crippen LogP contribution is 2.43. The summed E-state index contributed by atoms with van der Waals surface area (Å²) in [6.45, 7) is 0. The molecule has 0 radical (unpaired) electrons. The molecule has 0 saturated heterocycles. The molecule has 1 atom stereocenters. The first kappa shape index (κ1) is 17.8. The van der Waals surface area contributed by atoms with Crippen molar-refractivity contribution >= 4 is 11.6 Å². The molecule has 1 aliphatic heterocycles. The summed E-state index contributed by atoms with van der Waals surface area (Å²) in [6, 6.07) is 5.46. The number of benzene rings is 1. The van der Waals surface area contributed by atoms with Crippen molar-refractivity contribution in [3.05, 3.63) is 40.4 Å². The van der Waals surface area contributed by atoms with Crippen molar-refractivity contribution in [1.29, 1.82) is 0 Å². The minimum Gasteiger partial charge on any atom is -0.392 e. The van der Waals surface area contributed by atoms with E-state index in [-0.39, 0.29) is 18.8 Å². The van der Waals surface area contributed by atoms with Gasteiger partial charge in [-0.05, 0) is 49.4 Å². The maximum atomic E-state index is 12.9. The highest BCUT2D eigenvalue weighted by molar-refractivity contribution is 6.30. The molecule has 4 rings (SSSR count). The summed E-state index contributed by atoms with van der Waals surface area (Å²) in [5.41, 5.74) is 1.76. The van der Waals surface area contributed by atoms with E-state index in [4.69, 9.17) is 11.6 Å². The van der Waals surface area contributed by atoms with Crippen molar-refractivity contribution in [3.8, 4) is 5.69 Å². The minimum absolute atomic E-state index is 0.0615. The van der Waals surface area contributed by atoms with E-state index < -0.39 is 18.2 Å². The van der Waals surface area contributed by atoms with Gasteiger partial charge in [-0.15, -0.1) is 10.2 Å². The van der Waals surface area contributed by atoms with E-state index in [0.29, 0.717) is 42.4 Å². The minimum atomic E-state index is -4.12. The molecule has 1 saturated carbocycles. The molecule has 4 nitrogen and oxygen atoms in total. The molecule has 1 unspecified atom stereocenters. The van der Waals surface area contributed by atoms with Gasteiger partial charge in [0.2, 0.25) is 0 Å². The quantitative estimate of drug-likeness (QED) is 0.799. The molecule has 1 fully saturated rings. The molecule has 1 aromatic carbocycles. The topological polar surface area (TPSA) is 50.9 Å². The van der Waals surface area contributed by atoms with Gasteiger partial charge in [0.15, 0.2) is 0 Å². The lowest BCUT2D eigenvalue weighted by Crippen LogP contribution is -2.28. The van der Waals surface area contributed by atoms with Crippen LogP contribution in [0.4, 0.5) is 13.2 Å². The smallest absolute Gasteiger partial charge is 0.391 e. The Bertz CT molecular complexity index is 812. The second kappa shape index (κ2) is 6.53. The Hall–Kier alpha value is -1.60. The van der Waals surface area contributed by atoms with Crippen LogP contribution in [0.2, 0.25) is 5.02 Å². The number of aromatic nitrogens is 3. The van der Waals surface area contributed by atoms with Gasteiger partial charge >= 0.3 is 6.18 Å². The van der Waals surface area contributed by atoms with E-state index in [1.54, 1.807) is 6.07 Å². The van der Waals surface area contributed by atoms with Crippen LogP contribution in [-0.2, 0) is 12.8 Å². The number of aliphatic hydroxyl groups excluding tert-OH is 1. The number of aliphatic hydroxyl groups is 1. The fourth-order valence-electron chi connectivity index (χ4n) is 4.14. The first-order valence-corrected chi connectivity index (χ1v) is 9.18. The Kier molecular flexibility index (Phi) is 4.47. The average Bonchev–Trinajstić information content (AvgIpc) is 2.91. The fourth-order valence-corrected chi connectivity index (χ4v) is 4.34. The summed E-state index contributed by atoms with van der Waals surface area (Å²) < 4.78 is 40.7. The van der Waals surface area contributed by atoms with Crippen molar-refractivity contribution in [2.75, 3.05) is 0 Å². The summed E-state index contributed by atoms with van der Waals surface area (Å²) in [7, 11) is 0. The Morgan fingerprint density at radius 1 is 1.08 bits per heavy atom. The molecule has 0 bridgehead atoms. The zero-order chi connectivity index (χ0) is 18.5. The molecule has 26 heavy (non-hydrogen) atoms. The number of nitrogens with zero attached hydrogens (tertiary/aromatic N) is 3. The van der Waals surface area contributed by atoms with Gasteiger partial charge in [0.05, 0.1) is 17.7 Å². The van der Waals surface area contributed by atoms with Crippen LogP contribution in [0.15, 0.2) is 18.2 Å². The maximum absolute atomic E-state index is 12.9. The zero-order valence-corrected chi connectivity index (χ0v) is 14.8. The van der Waals surface area contributed by atoms with E-state index in [9.17, 15) is 18.3 Å². The van der Waals surface area contributed by atoms with E-state index in [0.717, 1.165) is 11.3 Å². The van der Waals surface area contributed by atoms with Crippen LogP contribution < -0.4 is 0 Å². The monoisotopic (exact) mass is 385 g/mol. The maximum Gasteiger partial charge on any atom is 0.391 e. The van der Waals surface area contributed by atoms with Gasteiger partial charge in [-0.3, -0.25) is 4.57 Å². The standard InChI is InChI=1S/C18H19ClF3N3O/c19-13-5-6-15-11(7-13)8-14(26)9-16-23-24-17(25(15)16)10-1-3-12(4-2-10)18(20,21)22/h5-7,10,12,14,26H,1-4,8-9H2. The van der Waals surface area contributed by atoms with Gasteiger partial charge in [0, 0.05) is 23.8 Å². The molecule has 8 heteroatoms. The van der Waals surface area contributed by atoms with Crippen LogP contribution in [0.3, 0.4) is 0 Å². The third-order valence-corrected chi connectivity index (χ3v) is 5.70. The predicted molar refractivity (Wildman–Crippen MR) is 90.5 cm³/mol. The van der Waals surface area contributed by atoms with Crippen molar-refractivity contribution < 1.29 is 18.3 Å². The van der Waals surface area contributed by atoms with Gasteiger partial charge in [-0.2, -0.15) is 13.2 Å². The van der Waals surface area contributed by atoms with E-state index >= 15 is 0 Å². The van der Waals surface area contributed by atoms with Crippen LogP contribution >= 0.6 is 11.6 Å². The van der Waals surface area contributed by atoms with Crippen molar-refractivity contribution in [1.82, 2.24) is 14.8 Å². The number of halogens is 4. The summed E-state index contributed by atoms with van der Waals surface area (Å²) >= 11 is 6.10. The number of fused-ring (bicyclic) bond motifs is 3. The highest BCUT2D eigenvalue weighted by atomic mass is 35.5. The Morgan fingerprint density at radius 2 is 1.81 bits per heavy atom. The van der Waals surface area contributed by atoms with E-state index in [1.165, 1.54) is 0 Å². The molecule has 1 N–H and O–H groups in total. The molecule has 140 valence electrons. The van der Waals surface area contributed by atoms with Crippen molar-refractivity contribution in [2.45, 2.75) is 56.7 Å². The average molecular weight is 386 g/mol. The normalized spacial score (nSPS) is 26.1. The van der Waals surface area contributed by atoms with Crippen LogP contribution in [0.1, 0.15) is 48.8 Å². The first-order valence-electron chi connectivity index (χ1n) is 8.80. The molecule has 1 aliphatic carbocycles. The summed E-state index contributed by atoms with van der Waals surface area (Å²) in [5.74, 6) is 0.0524. The zero-order valence-electron chi connectivity index (χ0n) is 14.0. The second-order valence-corrected chi connectivity index (χ2v) is 7.67. The SMILES string of the molecule is OC1Cc2cc(Cl)ccc2-n2c(nnc2C2CCC(C(F)(F)F)CC2)C1. The molecule has 1 aromatic heterocycles. The fraction of sp³-hybridized carbons (Fsp3) is 0.556. The molecule has 2 aromatic rings. The van der Waals surface area contributed by atoms with E-state index in [1.807, 2.05) is 16.7 Å². The Balaban J connectivity index is 1.69. The molecule has 0 spiro atoms. The van der Waals surface area contributed by atoms with Crippen LogP contribution in [0, 0.1) is 5.92 Å². The Morgan fingerprint density at radius 3 is 2.50 bits per heavy atom. The number of rotatable bonds is 1. The highest BCUT2D eigenvalue weighted by Gasteiger charge is 2.42. The van der Waals surface area contributed by atoms with Crippen LogP contribution in [-0.4, -0.2) is 32.2 Å². The van der Waals surface area contributed by atoms with Crippen LogP contribution in [0.25, 0.3) is 5.69 Å². The third kappa shape index (κ3) is 3.22. The number of hydrogen-bond donors (Lipinski definition) is 1. The lowest BCUT2D eigenvalue weighted by atomic mass is 9.81. The lowest BCUT2D eigenvalue weighted by molar-refractivity contribution is -0.182. The van der Waals surface area contributed by atoms with Crippen molar-refractivity contribution in [3.63, 3.8) is 0 Å². The Labute approximate surface area is 154 Å². The molecule has 0 amide bonds.